The number of rotatable bonds is 6. The van der Waals surface area contributed by atoms with Crippen LogP contribution in [0.3, 0.4) is 0 Å². The number of aromatic nitrogens is 4. The van der Waals surface area contributed by atoms with Gasteiger partial charge in [0.15, 0.2) is 6.67 Å². The largest absolute Gasteiger partial charge is 0.497 e. The molecule has 1 aliphatic heterocycles. The van der Waals surface area contributed by atoms with Crippen LogP contribution in [-0.4, -0.2) is 60.1 Å². The van der Waals surface area contributed by atoms with Gasteiger partial charge in [-0.25, -0.2) is 9.97 Å². The van der Waals surface area contributed by atoms with Crippen molar-refractivity contribution in [3.63, 3.8) is 0 Å². The zero-order valence-corrected chi connectivity index (χ0v) is 17.2. The molecule has 0 atom stereocenters. The number of hydrogen-bond acceptors (Lipinski definition) is 8. The van der Waals surface area contributed by atoms with Gasteiger partial charge in [0.05, 0.1) is 46.0 Å². The van der Waals surface area contributed by atoms with Crippen LogP contribution in [0, 0.1) is 4.84 Å². The molecule has 0 aliphatic carbocycles. The van der Waals surface area contributed by atoms with Crippen LogP contribution >= 0.6 is 12.2 Å². The first-order chi connectivity index (χ1) is 14.2. The first kappa shape index (κ1) is 19.3. The van der Waals surface area contributed by atoms with Crippen LogP contribution < -0.4 is 19.3 Å². The lowest BCUT2D eigenvalue weighted by Crippen LogP contribution is -3.14. The van der Waals surface area contributed by atoms with Gasteiger partial charge in [-0.15, -0.1) is 5.10 Å². The second kappa shape index (κ2) is 8.58. The maximum absolute atomic E-state index is 5.75. The molecule has 3 aromatic rings. The summed E-state index contributed by atoms with van der Waals surface area (Å²) in [4.78, 5) is 12.6. The molecule has 0 radical (unpaired) electrons. The Kier molecular flexibility index (Phi) is 5.72. The van der Waals surface area contributed by atoms with Gasteiger partial charge < -0.3 is 23.7 Å². The monoisotopic (exact) mass is 415 g/mol. The minimum absolute atomic E-state index is 0.346. The van der Waals surface area contributed by atoms with Crippen molar-refractivity contribution in [3.05, 3.63) is 41.5 Å². The van der Waals surface area contributed by atoms with Gasteiger partial charge in [-0.3, -0.25) is 0 Å². The van der Waals surface area contributed by atoms with E-state index >= 15 is 0 Å². The van der Waals surface area contributed by atoms with Crippen molar-refractivity contribution in [2.45, 2.75) is 6.67 Å². The molecular formula is C19H23N6O3S+. The lowest BCUT2D eigenvalue weighted by Gasteiger charge is -2.31. The highest BCUT2D eigenvalue weighted by molar-refractivity contribution is 7.71. The van der Waals surface area contributed by atoms with Crippen molar-refractivity contribution in [2.24, 2.45) is 0 Å². The number of benzene rings is 1. The summed E-state index contributed by atoms with van der Waals surface area (Å²) < 4.78 is 18.2. The number of nitrogens with one attached hydrogen (secondary N) is 1. The molecular weight excluding hydrogens is 392 g/mol. The average Bonchev–Trinajstić information content (AvgIpc) is 3.14. The van der Waals surface area contributed by atoms with Crippen LogP contribution in [0.5, 0.6) is 11.5 Å². The third-order valence-corrected chi connectivity index (χ3v) is 5.22. The molecule has 1 aromatic carbocycles. The Balaban J connectivity index is 1.45. The first-order valence-corrected chi connectivity index (χ1v) is 9.74. The van der Waals surface area contributed by atoms with Crippen LogP contribution in [0.4, 0.5) is 5.95 Å². The van der Waals surface area contributed by atoms with Gasteiger partial charge in [0.2, 0.25) is 5.95 Å². The van der Waals surface area contributed by atoms with E-state index in [9.17, 15) is 0 Å². The summed E-state index contributed by atoms with van der Waals surface area (Å²) in [7, 11) is 3.21. The zero-order chi connectivity index (χ0) is 20.2. The molecule has 1 saturated heterocycles. The Morgan fingerprint density at radius 2 is 1.90 bits per heavy atom. The maximum Gasteiger partial charge on any atom is 0.292 e. The molecule has 0 unspecified atom stereocenters. The summed E-state index contributed by atoms with van der Waals surface area (Å²) >= 11 is 5.39. The highest BCUT2D eigenvalue weighted by Crippen LogP contribution is 2.32. The van der Waals surface area contributed by atoms with Crippen LogP contribution in [0.1, 0.15) is 0 Å². The Hall–Kier alpha value is -2.98. The fourth-order valence-electron chi connectivity index (χ4n) is 3.34. The second-order valence-corrected chi connectivity index (χ2v) is 7.03. The van der Waals surface area contributed by atoms with E-state index in [1.54, 1.807) is 37.4 Å². The lowest BCUT2D eigenvalue weighted by atomic mass is 10.2. The highest BCUT2D eigenvalue weighted by atomic mass is 32.1. The van der Waals surface area contributed by atoms with E-state index in [0.717, 1.165) is 37.7 Å². The normalized spacial score (nSPS) is 14.8. The molecule has 9 nitrogen and oxygen atoms in total. The third kappa shape index (κ3) is 4.22. The predicted molar refractivity (Wildman–Crippen MR) is 109 cm³/mol. The Bertz CT molecular complexity index is 1010. The summed E-state index contributed by atoms with van der Waals surface area (Å²) in [5.41, 5.74) is 0.735. The molecule has 4 rings (SSSR count). The molecule has 0 bridgehead atoms. The van der Waals surface area contributed by atoms with Crippen LogP contribution in [0.15, 0.2) is 41.1 Å². The van der Waals surface area contributed by atoms with E-state index in [2.05, 4.69) is 20.0 Å². The molecule has 0 saturated carbocycles. The standard InChI is InChI=1S/C19H22N6O3S/c1-26-14-4-5-15(16(12-14)27-2)17-22-25(19(29)28-17)13-23-8-10-24(11-9-23)18-20-6-3-7-21-18/h3-7,12H,8-11,13H2,1-2H3/p+1. The Morgan fingerprint density at radius 3 is 2.59 bits per heavy atom. The maximum atomic E-state index is 5.75. The number of hydrogen-bond donors (Lipinski definition) is 1. The fraction of sp³-hybridized carbons (Fsp3) is 0.368. The average molecular weight is 415 g/mol. The second-order valence-electron chi connectivity index (χ2n) is 6.68. The molecule has 0 spiro atoms. The molecule has 1 aliphatic rings. The lowest BCUT2D eigenvalue weighted by molar-refractivity contribution is -0.924. The highest BCUT2D eigenvalue weighted by Gasteiger charge is 2.23. The van der Waals surface area contributed by atoms with Gasteiger partial charge in [0.1, 0.15) is 11.5 Å². The fourth-order valence-corrected chi connectivity index (χ4v) is 3.52. The van der Waals surface area contributed by atoms with Crippen LogP contribution in [0.2, 0.25) is 0 Å². The van der Waals surface area contributed by atoms with Crippen molar-refractivity contribution < 1.29 is 18.8 Å². The van der Waals surface area contributed by atoms with Crippen molar-refractivity contribution in [1.82, 2.24) is 19.7 Å². The topological polar surface area (TPSA) is 82.9 Å². The molecule has 152 valence electrons. The number of piperazine rings is 1. The third-order valence-electron chi connectivity index (χ3n) is 4.92. The van der Waals surface area contributed by atoms with Crippen molar-refractivity contribution in [3.8, 4) is 23.0 Å². The number of methoxy groups -OCH3 is 2. The molecule has 0 amide bonds. The van der Waals surface area contributed by atoms with Crippen LogP contribution in [0.25, 0.3) is 11.5 Å². The van der Waals surface area contributed by atoms with Crippen LogP contribution in [-0.2, 0) is 6.67 Å². The SMILES string of the molecule is COc1ccc(-c2nn(C[NH+]3CCN(c4ncccn4)CC3)c(=S)o2)c(OC)c1. The quantitative estimate of drug-likeness (QED) is 0.598. The van der Waals surface area contributed by atoms with Crippen molar-refractivity contribution in [2.75, 3.05) is 45.3 Å². The smallest absolute Gasteiger partial charge is 0.292 e. The van der Waals surface area contributed by atoms with Gasteiger partial charge in [0.25, 0.3) is 10.7 Å². The molecule has 10 heteroatoms. The summed E-state index contributed by atoms with van der Waals surface area (Å²) in [5, 5.41) is 4.58. The van der Waals surface area contributed by atoms with Gasteiger partial charge >= 0.3 is 0 Å². The summed E-state index contributed by atoms with van der Waals surface area (Å²) in [6, 6.07) is 7.31. The molecule has 3 heterocycles. The number of quaternary nitrogens is 1. The number of nitrogens with zero attached hydrogens (tertiary/aromatic N) is 5. The summed E-state index contributed by atoms with van der Waals surface area (Å²) in [6.45, 7) is 4.28. The molecule has 1 fully saturated rings. The summed E-state index contributed by atoms with van der Waals surface area (Å²) in [5.74, 6) is 2.54. The van der Waals surface area contributed by atoms with E-state index in [1.807, 2.05) is 18.2 Å². The van der Waals surface area contributed by atoms with E-state index in [0.29, 0.717) is 28.9 Å². The molecule has 2 aromatic heterocycles. The van der Waals surface area contributed by atoms with Crippen molar-refractivity contribution >= 4 is 18.2 Å². The minimum Gasteiger partial charge on any atom is -0.497 e. The van der Waals surface area contributed by atoms with Gasteiger partial charge in [0, 0.05) is 18.5 Å². The van der Waals surface area contributed by atoms with E-state index in [4.69, 9.17) is 26.1 Å². The zero-order valence-electron chi connectivity index (χ0n) is 16.4. The first-order valence-electron chi connectivity index (χ1n) is 9.34. The van der Waals surface area contributed by atoms with Crippen molar-refractivity contribution in [1.29, 1.82) is 0 Å². The van der Waals surface area contributed by atoms with E-state index < -0.39 is 0 Å². The molecule has 29 heavy (non-hydrogen) atoms. The number of anilines is 1. The van der Waals surface area contributed by atoms with Gasteiger partial charge in [-0.1, -0.05) is 0 Å². The van der Waals surface area contributed by atoms with E-state index in [-0.39, 0.29) is 0 Å². The predicted octanol–water partition coefficient (Wildman–Crippen LogP) is 1.04. The van der Waals surface area contributed by atoms with E-state index in [1.165, 1.54) is 4.90 Å². The summed E-state index contributed by atoms with van der Waals surface area (Å²) in [6.07, 6.45) is 3.54. The van der Waals surface area contributed by atoms with Gasteiger partial charge in [-0.05, 0) is 30.4 Å². The Labute approximate surface area is 173 Å². The minimum atomic E-state index is 0.346. The molecule has 1 N–H and O–H groups in total. The van der Waals surface area contributed by atoms with Gasteiger partial charge in [-0.2, -0.15) is 4.68 Å². The Morgan fingerprint density at radius 1 is 1.14 bits per heavy atom. The number of ether oxygens (including phenoxy) is 2.